The topological polar surface area (TPSA) is 110 Å². The van der Waals surface area contributed by atoms with Crippen LogP contribution in [0.5, 0.6) is 11.5 Å². The van der Waals surface area contributed by atoms with Gasteiger partial charge in [-0.1, -0.05) is 0 Å². The van der Waals surface area contributed by atoms with Crippen LogP contribution in [0.15, 0.2) is 48.0 Å². The first-order valence-corrected chi connectivity index (χ1v) is 6.80. The molecular formula is C17H13NO5. The molecule has 6 nitrogen and oxygen atoms in total. The third-order valence-corrected chi connectivity index (χ3v) is 3.52. The summed E-state index contributed by atoms with van der Waals surface area (Å²) in [7, 11) is 0. The van der Waals surface area contributed by atoms with E-state index in [0.29, 0.717) is 22.4 Å². The van der Waals surface area contributed by atoms with E-state index in [1.165, 1.54) is 30.3 Å². The van der Waals surface area contributed by atoms with Gasteiger partial charge in [0.05, 0.1) is 5.57 Å². The fraction of sp³-hybridized carbons (Fsp3) is 0.0588. The summed E-state index contributed by atoms with van der Waals surface area (Å²) >= 11 is 0. The van der Waals surface area contributed by atoms with Gasteiger partial charge in [-0.3, -0.25) is 10.5 Å². The smallest absolute Gasteiger partial charge is 0.336 e. The standard InChI is InChI=1S/C17H13NO5/c18-16-13(17(21)22)8-11-7-10(3-6-14(11)23-16)15(20)9-1-4-12(19)5-2-9/h1-8,16,19H,18H2,(H,21,22). The monoisotopic (exact) mass is 311 g/mol. The zero-order chi connectivity index (χ0) is 16.6. The fourth-order valence-corrected chi connectivity index (χ4v) is 2.32. The predicted octanol–water partition coefficient (Wildman–Crippen LogP) is 1.77. The van der Waals surface area contributed by atoms with Crippen molar-refractivity contribution < 1.29 is 24.5 Å². The molecule has 0 saturated carbocycles. The summed E-state index contributed by atoms with van der Waals surface area (Å²) in [6.45, 7) is 0. The molecule has 116 valence electrons. The molecule has 0 aromatic heterocycles. The molecule has 1 unspecified atom stereocenters. The largest absolute Gasteiger partial charge is 0.508 e. The van der Waals surface area contributed by atoms with Gasteiger partial charge in [0, 0.05) is 16.7 Å². The second-order valence-electron chi connectivity index (χ2n) is 5.07. The highest BCUT2D eigenvalue weighted by atomic mass is 16.5. The van der Waals surface area contributed by atoms with Gasteiger partial charge in [-0.25, -0.2) is 4.79 Å². The number of aliphatic carboxylic acids is 1. The third kappa shape index (κ3) is 2.79. The van der Waals surface area contributed by atoms with Crippen molar-refractivity contribution in [3.63, 3.8) is 0 Å². The molecule has 2 aromatic rings. The number of hydrogen-bond donors (Lipinski definition) is 3. The molecular weight excluding hydrogens is 298 g/mol. The molecule has 6 heteroatoms. The minimum absolute atomic E-state index is 0.0726. The van der Waals surface area contributed by atoms with E-state index in [9.17, 15) is 14.7 Å². The molecule has 0 fully saturated rings. The Morgan fingerprint density at radius 2 is 1.70 bits per heavy atom. The van der Waals surface area contributed by atoms with Gasteiger partial charge in [-0.2, -0.15) is 0 Å². The van der Waals surface area contributed by atoms with Crippen molar-refractivity contribution in [1.29, 1.82) is 0 Å². The van der Waals surface area contributed by atoms with Gasteiger partial charge in [0.2, 0.25) is 0 Å². The van der Waals surface area contributed by atoms with Crippen molar-refractivity contribution in [2.75, 3.05) is 0 Å². The zero-order valence-corrected chi connectivity index (χ0v) is 11.9. The first-order chi connectivity index (χ1) is 11.0. The van der Waals surface area contributed by atoms with Gasteiger partial charge < -0.3 is 14.9 Å². The highest BCUT2D eigenvalue weighted by Crippen LogP contribution is 2.30. The van der Waals surface area contributed by atoms with Gasteiger partial charge in [0.25, 0.3) is 0 Å². The van der Waals surface area contributed by atoms with Crippen LogP contribution in [0.2, 0.25) is 0 Å². The SMILES string of the molecule is NC1Oc2ccc(C(=O)c3ccc(O)cc3)cc2C=C1C(=O)O. The van der Waals surface area contributed by atoms with Gasteiger partial charge >= 0.3 is 5.97 Å². The number of carbonyl (C=O) groups excluding carboxylic acids is 1. The molecule has 3 rings (SSSR count). The lowest BCUT2D eigenvalue weighted by molar-refractivity contribution is -0.133. The van der Waals surface area contributed by atoms with E-state index >= 15 is 0 Å². The van der Waals surface area contributed by atoms with Crippen molar-refractivity contribution in [3.8, 4) is 11.5 Å². The van der Waals surface area contributed by atoms with E-state index in [-0.39, 0.29) is 17.1 Å². The maximum Gasteiger partial charge on any atom is 0.336 e. The van der Waals surface area contributed by atoms with Crippen LogP contribution in [0.3, 0.4) is 0 Å². The number of ether oxygens (including phenoxy) is 1. The summed E-state index contributed by atoms with van der Waals surface area (Å²) in [5.74, 6) is -0.917. The number of fused-ring (bicyclic) bond motifs is 1. The number of carbonyl (C=O) groups is 2. The number of aromatic hydroxyl groups is 1. The Bertz CT molecular complexity index is 823. The Balaban J connectivity index is 1.99. The van der Waals surface area contributed by atoms with Crippen molar-refractivity contribution >= 4 is 17.8 Å². The lowest BCUT2D eigenvalue weighted by atomic mass is 9.98. The lowest BCUT2D eigenvalue weighted by Crippen LogP contribution is -2.35. The summed E-state index contributed by atoms with van der Waals surface area (Å²) in [4.78, 5) is 23.6. The van der Waals surface area contributed by atoms with Crippen LogP contribution >= 0.6 is 0 Å². The minimum Gasteiger partial charge on any atom is -0.508 e. The molecule has 0 aliphatic carbocycles. The Morgan fingerprint density at radius 1 is 1.04 bits per heavy atom. The summed E-state index contributed by atoms with van der Waals surface area (Å²) in [6, 6.07) is 10.6. The maximum atomic E-state index is 12.4. The Kier molecular flexibility index (Phi) is 3.59. The minimum atomic E-state index is -1.17. The normalized spacial score (nSPS) is 16.0. The second-order valence-corrected chi connectivity index (χ2v) is 5.07. The van der Waals surface area contributed by atoms with Crippen molar-refractivity contribution in [1.82, 2.24) is 0 Å². The van der Waals surface area contributed by atoms with E-state index in [2.05, 4.69) is 0 Å². The molecule has 1 aliphatic rings. The van der Waals surface area contributed by atoms with Crippen LogP contribution in [0.1, 0.15) is 21.5 Å². The number of ketones is 1. The van der Waals surface area contributed by atoms with Crippen LogP contribution in [0.25, 0.3) is 6.08 Å². The molecule has 4 N–H and O–H groups in total. The number of phenols is 1. The van der Waals surface area contributed by atoms with Crippen molar-refractivity contribution in [2.45, 2.75) is 6.23 Å². The average Bonchev–Trinajstić information content (AvgIpc) is 2.53. The van der Waals surface area contributed by atoms with Gasteiger partial charge in [0.15, 0.2) is 12.0 Å². The van der Waals surface area contributed by atoms with E-state index in [4.69, 9.17) is 15.6 Å². The van der Waals surface area contributed by atoms with E-state index < -0.39 is 12.2 Å². The molecule has 1 aliphatic heterocycles. The van der Waals surface area contributed by atoms with E-state index in [1.54, 1.807) is 18.2 Å². The molecule has 23 heavy (non-hydrogen) atoms. The number of benzene rings is 2. The number of carboxylic acids is 1. The first-order valence-electron chi connectivity index (χ1n) is 6.80. The molecule has 1 atom stereocenters. The van der Waals surface area contributed by atoms with Gasteiger partial charge in [0.1, 0.15) is 11.5 Å². The molecule has 0 radical (unpaired) electrons. The van der Waals surface area contributed by atoms with Crippen LogP contribution in [-0.4, -0.2) is 28.2 Å². The maximum absolute atomic E-state index is 12.4. The van der Waals surface area contributed by atoms with E-state index in [1.807, 2.05) is 0 Å². The Hall–Kier alpha value is -3.12. The number of carboxylic acid groups (broad SMARTS) is 1. The Morgan fingerprint density at radius 3 is 2.35 bits per heavy atom. The van der Waals surface area contributed by atoms with Crippen molar-refractivity contribution in [3.05, 3.63) is 64.7 Å². The Labute approximate surface area is 131 Å². The number of phenolic OH excluding ortho intramolecular Hbond substituents is 1. The zero-order valence-electron chi connectivity index (χ0n) is 11.9. The van der Waals surface area contributed by atoms with Gasteiger partial charge in [-0.05, 0) is 48.5 Å². The molecule has 1 heterocycles. The number of nitrogens with two attached hydrogens (primary N) is 1. The lowest BCUT2D eigenvalue weighted by Gasteiger charge is -2.22. The highest BCUT2D eigenvalue weighted by molar-refractivity contribution is 6.09. The van der Waals surface area contributed by atoms with Crippen LogP contribution in [0.4, 0.5) is 0 Å². The van der Waals surface area contributed by atoms with Crippen LogP contribution < -0.4 is 10.5 Å². The molecule has 2 aromatic carbocycles. The van der Waals surface area contributed by atoms with E-state index in [0.717, 1.165) is 0 Å². The van der Waals surface area contributed by atoms with Crippen molar-refractivity contribution in [2.24, 2.45) is 5.73 Å². The highest BCUT2D eigenvalue weighted by Gasteiger charge is 2.25. The summed E-state index contributed by atoms with van der Waals surface area (Å²) in [5, 5.41) is 18.4. The summed E-state index contributed by atoms with van der Waals surface area (Å²) < 4.78 is 5.35. The second kappa shape index (κ2) is 5.58. The fourth-order valence-electron chi connectivity index (χ4n) is 2.32. The molecule has 0 saturated heterocycles. The average molecular weight is 311 g/mol. The molecule has 0 spiro atoms. The quantitative estimate of drug-likeness (QED) is 0.745. The van der Waals surface area contributed by atoms with Gasteiger partial charge in [-0.15, -0.1) is 0 Å². The number of hydrogen-bond acceptors (Lipinski definition) is 5. The number of rotatable bonds is 3. The molecule has 0 amide bonds. The third-order valence-electron chi connectivity index (χ3n) is 3.52. The predicted molar refractivity (Wildman–Crippen MR) is 82.2 cm³/mol. The summed E-state index contributed by atoms with van der Waals surface area (Å²) in [5.41, 5.74) is 6.84. The summed E-state index contributed by atoms with van der Waals surface area (Å²) in [6.07, 6.45) is 0.359. The van der Waals surface area contributed by atoms with Crippen LogP contribution in [-0.2, 0) is 4.79 Å². The van der Waals surface area contributed by atoms with Crippen LogP contribution in [0, 0.1) is 0 Å². The first kappa shape index (κ1) is 14.8. The molecule has 0 bridgehead atoms.